The van der Waals surface area contributed by atoms with E-state index in [-0.39, 0.29) is 5.91 Å². The van der Waals surface area contributed by atoms with Gasteiger partial charge in [-0.3, -0.25) is 9.00 Å². The van der Waals surface area contributed by atoms with E-state index in [1.165, 1.54) is 6.08 Å². The number of carbonyl (C=O) groups is 1. The summed E-state index contributed by atoms with van der Waals surface area (Å²) in [5.74, 6) is 1.04. The van der Waals surface area contributed by atoms with Crippen LogP contribution in [0.25, 0.3) is 11.8 Å². The van der Waals surface area contributed by atoms with E-state index >= 15 is 0 Å². The molecule has 3 aromatic rings. The first-order valence-corrected chi connectivity index (χ1v) is 10.2. The first kappa shape index (κ1) is 17.7. The van der Waals surface area contributed by atoms with Crippen LogP contribution in [0.5, 0.6) is 0 Å². The van der Waals surface area contributed by atoms with Crippen LogP contribution < -0.4 is 5.32 Å². The smallest absolute Gasteiger partial charge is 0.249 e. The van der Waals surface area contributed by atoms with E-state index in [0.29, 0.717) is 22.3 Å². The molecule has 136 valence electrons. The summed E-state index contributed by atoms with van der Waals surface area (Å²) in [6, 6.07) is 16.8. The van der Waals surface area contributed by atoms with E-state index in [2.05, 4.69) is 10.4 Å². The molecule has 1 unspecified atom stereocenters. The Labute approximate surface area is 164 Å². The zero-order valence-electron chi connectivity index (χ0n) is 14.3. The molecule has 0 bridgehead atoms. The number of hydrogen-bond acceptors (Lipinski definition) is 3. The van der Waals surface area contributed by atoms with Crippen LogP contribution in [0.4, 0.5) is 5.82 Å². The molecule has 0 saturated carbocycles. The SMILES string of the molecule is O=C(C=Cc1ccccc1)Nc1c2c(nn1-c1cccc(Cl)c1)CS(=O)C2. The number of nitrogens with zero attached hydrogens (tertiary/aromatic N) is 2. The van der Waals surface area contributed by atoms with Crippen molar-refractivity contribution in [3.63, 3.8) is 0 Å². The average molecular weight is 398 g/mol. The van der Waals surface area contributed by atoms with Crippen molar-refractivity contribution < 1.29 is 9.00 Å². The number of halogens is 1. The highest BCUT2D eigenvalue weighted by atomic mass is 35.5. The van der Waals surface area contributed by atoms with Crippen LogP contribution >= 0.6 is 11.6 Å². The topological polar surface area (TPSA) is 64.0 Å². The number of fused-ring (bicyclic) bond motifs is 1. The highest BCUT2D eigenvalue weighted by Gasteiger charge is 2.28. The molecule has 1 aromatic heterocycles. The van der Waals surface area contributed by atoms with Gasteiger partial charge in [-0.2, -0.15) is 5.10 Å². The lowest BCUT2D eigenvalue weighted by Crippen LogP contribution is -2.14. The fraction of sp³-hybridized carbons (Fsp3) is 0.100. The van der Waals surface area contributed by atoms with Crippen LogP contribution in [0.3, 0.4) is 0 Å². The van der Waals surface area contributed by atoms with Gasteiger partial charge in [-0.1, -0.05) is 48.0 Å². The minimum atomic E-state index is -0.987. The number of amides is 1. The Morgan fingerprint density at radius 3 is 2.74 bits per heavy atom. The van der Waals surface area contributed by atoms with Gasteiger partial charge >= 0.3 is 0 Å². The molecular formula is C20H16ClN3O2S. The van der Waals surface area contributed by atoms with Gasteiger partial charge in [0.1, 0.15) is 5.82 Å². The second kappa shape index (κ2) is 7.50. The Morgan fingerprint density at radius 1 is 1.15 bits per heavy atom. The van der Waals surface area contributed by atoms with Crippen molar-refractivity contribution in [2.24, 2.45) is 0 Å². The molecule has 2 heterocycles. The summed E-state index contributed by atoms with van der Waals surface area (Å²) in [6.07, 6.45) is 3.22. The third-order valence-corrected chi connectivity index (χ3v) is 5.63. The van der Waals surface area contributed by atoms with Crippen molar-refractivity contribution in [3.8, 4) is 5.69 Å². The maximum absolute atomic E-state index is 12.5. The number of carbonyl (C=O) groups excluding carboxylic acids is 1. The fourth-order valence-corrected chi connectivity index (χ4v) is 4.39. The van der Waals surface area contributed by atoms with Gasteiger partial charge in [0.15, 0.2) is 0 Å². The Kier molecular flexibility index (Phi) is 4.92. The molecular weight excluding hydrogens is 382 g/mol. The molecule has 2 aromatic carbocycles. The summed E-state index contributed by atoms with van der Waals surface area (Å²) in [5.41, 5.74) is 3.23. The average Bonchev–Trinajstić information content (AvgIpc) is 3.18. The Morgan fingerprint density at radius 2 is 1.96 bits per heavy atom. The maximum atomic E-state index is 12.5. The second-order valence-electron chi connectivity index (χ2n) is 6.13. The van der Waals surface area contributed by atoms with Crippen molar-refractivity contribution in [1.29, 1.82) is 0 Å². The number of anilines is 1. The zero-order chi connectivity index (χ0) is 18.8. The lowest BCUT2D eigenvalue weighted by Gasteiger charge is -2.10. The summed E-state index contributed by atoms with van der Waals surface area (Å²) in [5, 5.41) is 8.02. The molecule has 1 aliphatic heterocycles. The first-order valence-electron chi connectivity index (χ1n) is 8.36. The molecule has 0 spiro atoms. The van der Waals surface area contributed by atoms with Gasteiger partial charge in [-0.25, -0.2) is 4.68 Å². The molecule has 0 fully saturated rings. The Balaban J connectivity index is 1.66. The molecule has 0 radical (unpaired) electrons. The lowest BCUT2D eigenvalue weighted by atomic mass is 10.2. The van der Waals surface area contributed by atoms with E-state index in [1.54, 1.807) is 22.9 Å². The minimum Gasteiger partial charge on any atom is -0.307 e. The van der Waals surface area contributed by atoms with E-state index in [0.717, 1.165) is 22.5 Å². The van der Waals surface area contributed by atoms with Crippen molar-refractivity contribution in [2.45, 2.75) is 11.5 Å². The van der Waals surface area contributed by atoms with Gasteiger partial charge in [0.2, 0.25) is 5.91 Å². The molecule has 1 aliphatic rings. The van der Waals surface area contributed by atoms with E-state index in [4.69, 9.17) is 11.6 Å². The van der Waals surface area contributed by atoms with E-state index in [9.17, 15) is 9.00 Å². The van der Waals surface area contributed by atoms with Crippen LogP contribution in [0.2, 0.25) is 5.02 Å². The van der Waals surface area contributed by atoms with Crippen LogP contribution in [0.1, 0.15) is 16.8 Å². The summed E-state index contributed by atoms with van der Waals surface area (Å²) in [6.45, 7) is 0. The largest absolute Gasteiger partial charge is 0.307 e. The monoisotopic (exact) mass is 397 g/mol. The van der Waals surface area contributed by atoms with Crippen LogP contribution in [-0.4, -0.2) is 19.9 Å². The molecule has 0 saturated heterocycles. The van der Waals surface area contributed by atoms with Crippen molar-refractivity contribution >= 4 is 40.2 Å². The molecule has 7 heteroatoms. The highest BCUT2D eigenvalue weighted by molar-refractivity contribution is 7.83. The first-order chi connectivity index (χ1) is 13.1. The quantitative estimate of drug-likeness (QED) is 0.678. The van der Waals surface area contributed by atoms with Crippen molar-refractivity contribution in [1.82, 2.24) is 9.78 Å². The molecule has 1 atom stereocenters. The number of hydrogen-bond donors (Lipinski definition) is 1. The predicted octanol–water partition coefficient (Wildman–Crippen LogP) is 3.94. The summed E-state index contributed by atoms with van der Waals surface area (Å²) >= 11 is 6.10. The molecule has 1 N–H and O–H groups in total. The standard InChI is InChI=1S/C20H16ClN3O2S/c21-15-7-4-8-16(11-15)24-20(17-12-27(26)13-18(17)23-24)22-19(25)10-9-14-5-2-1-3-6-14/h1-11H,12-13H2,(H,22,25). The Hall–Kier alpha value is -2.70. The van der Waals surface area contributed by atoms with E-state index < -0.39 is 10.8 Å². The molecule has 1 amide bonds. The van der Waals surface area contributed by atoms with Gasteiger partial charge in [0.25, 0.3) is 0 Å². The van der Waals surface area contributed by atoms with Crippen LogP contribution in [-0.2, 0) is 27.1 Å². The minimum absolute atomic E-state index is 0.275. The van der Waals surface area contributed by atoms with Crippen LogP contribution in [0, 0.1) is 0 Å². The fourth-order valence-electron chi connectivity index (χ4n) is 2.95. The number of rotatable bonds is 4. The van der Waals surface area contributed by atoms with Crippen molar-refractivity contribution in [2.75, 3.05) is 5.32 Å². The summed E-state index contributed by atoms with van der Waals surface area (Å²) < 4.78 is 13.6. The molecule has 5 nitrogen and oxygen atoms in total. The third kappa shape index (κ3) is 3.86. The summed E-state index contributed by atoms with van der Waals surface area (Å²) in [4.78, 5) is 12.5. The van der Waals surface area contributed by atoms with Gasteiger partial charge < -0.3 is 5.32 Å². The lowest BCUT2D eigenvalue weighted by molar-refractivity contribution is -0.111. The normalized spacial score (nSPS) is 15.8. The molecule has 4 rings (SSSR count). The Bertz CT molecular complexity index is 1060. The predicted molar refractivity (Wildman–Crippen MR) is 108 cm³/mol. The number of benzene rings is 2. The molecule has 27 heavy (non-hydrogen) atoms. The third-order valence-electron chi connectivity index (χ3n) is 4.19. The number of aromatic nitrogens is 2. The van der Waals surface area contributed by atoms with Gasteiger partial charge in [-0.15, -0.1) is 0 Å². The molecule has 0 aliphatic carbocycles. The van der Waals surface area contributed by atoms with E-state index in [1.807, 2.05) is 42.5 Å². The van der Waals surface area contributed by atoms with Crippen LogP contribution in [0.15, 0.2) is 60.7 Å². The van der Waals surface area contributed by atoms with Gasteiger partial charge in [0, 0.05) is 27.5 Å². The second-order valence-corrected chi connectivity index (χ2v) is 8.02. The number of nitrogens with one attached hydrogen (secondary N) is 1. The highest BCUT2D eigenvalue weighted by Crippen LogP contribution is 2.31. The zero-order valence-corrected chi connectivity index (χ0v) is 15.8. The maximum Gasteiger partial charge on any atom is 0.249 e. The van der Waals surface area contributed by atoms with Gasteiger partial charge in [0.05, 0.1) is 22.9 Å². The van der Waals surface area contributed by atoms with Gasteiger partial charge in [-0.05, 0) is 29.8 Å². The van der Waals surface area contributed by atoms with Crippen molar-refractivity contribution in [3.05, 3.63) is 82.5 Å². The summed E-state index contributed by atoms with van der Waals surface area (Å²) in [7, 11) is -0.987.